The minimum absolute atomic E-state index is 0.225. The molecule has 2 rings (SSSR count). The van der Waals surface area contributed by atoms with Crippen LogP contribution in [0.3, 0.4) is 0 Å². The van der Waals surface area contributed by atoms with E-state index in [2.05, 4.69) is 39.1 Å². The molecule has 1 unspecified atom stereocenters. The summed E-state index contributed by atoms with van der Waals surface area (Å²) in [5, 5.41) is 0. The third kappa shape index (κ3) is 5.03. The molecule has 0 amide bonds. The molecule has 0 spiro atoms. The van der Waals surface area contributed by atoms with Crippen molar-refractivity contribution in [3.05, 3.63) is 84.9 Å². The summed E-state index contributed by atoms with van der Waals surface area (Å²) < 4.78 is 0. The highest BCUT2D eigenvalue weighted by molar-refractivity contribution is 5.96. The first-order valence-electron chi connectivity index (χ1n) is 7.31. The van der Waals surface area contributed by atoms with Crippen molar-refractivity contribution in [1.82, 2.24) is 0 Å². The lowest BCUT2D eigenvalue weighted by molar-refractivity contribution is 0.0966. The maximum Gasteiger partial charge on any atom is 0.163 e. The predicted octanol–water partition coefficient (Wildman–Crippen LogP) is 5.50. The summed E-state index contributed by atoms with van der Waals surface area (Å²) in [5.74, 6) is 0.965. The molecule has 0 bridgehead atoms. The Morgan fingerprint density at radius 3 is 1.86 bits per heavy atom. The maximum atomic E-state index is 12.3. The van der Waals surface area contributed by atoms with Crippen molar-refractivity contribution >= 4 is 5.78 Å². The largest absolute Gasteiger partial charge is 0.294 e. The zero-order chi connectivity index (χ0) is 15.7. The molecule has 1 heteroatoms. The molecule has 0 aliphatic heterocycles. The lowest BCUT2D eigenvalue weighted by atomic mass is 9.83. The molecule has 2 aromatic rings. The number of benzene rings is 2. The zero-order valence-electron chi connectivity index (χ0n) is 13.0. The average molecular weight is 280 g/mol. The van der Waals surface area contributed by atoms with E-state index in [9.17, 15) is 4.79 Å². The molecular weight excluding hydrogens is 256 g/mol. The third-order valence-electron chi connectivity index (χ3n) is 3.53. The Labute approximate surface area is 128 Å². The fourth-order valence-electron chi connectivity index (χ4n) is 2.38. The van der Waals surface area contributed by atoms with Crippen molar-refractivity contribution in [3.8, 4) is 0 Å². The summed E-state index contributed by atoms with van der Waals surface area (Å²) >= 11 is 0. The van der Waals surface area contributed by atoms with Gasteiger partial charge in [0.15, 0.2) is 5.78 Å². The van der Waals surface area contributed by atoms with Crippen LogP contribution in [-0.4, -0.2) is 5.78 Å². The van der Waals surface area contributed by atoms with E-state index in [1.54, 1.807) is 0 Å². The van der Waals surface area contributed by atoms with E-state index in [-0.39, 0.29) is 11.7 Å². The Kier molecular flexibility index (Phi) is 7.17. The molecule has 0 aliphatic rings. The van der Waals surface area contributed by atoms with Crippen molar-refractivity contribution in [3.63, 3.8) is 0 Å². The SMILES string of the molecule is C=C.CC(C)C(CC(=O)c1ccccc1)c1ccccc1. The van der Waals surface area contributed by atoms with Crippen LogP contribution in [0, 0.1) is 5.92 Å². The Morgan fingerprint density at radius 2 is 1.38 bits per heavy atom. The predicted molar refractivity (Wildman–Crippen MR) is 90.7 cm³/mol. The summed E-state index contributed by atoms with van der Waals surface area (Å²) in [6.45, 7) is 10.4. The lowest BCUT2D eigenvalue weighted by Gasteiger charge is -2.20. The molecule has 21 heavy (non-hydrogen) atoms. The summed E-state index contributed by atoms with van der Waals surface area (Å²) in [6, 6.07) is 19.9. The monoisotopic (exact) mass is 280 g/mol. The van der Waals surface area contributed by atoms with Gasteiger partial charge in [0.2, 0.25) is 0 Å². The molecule has 0 fully saturated rings. The first-order chi connectivity index (χ1) is 10.2. The van der Waals surface area contributed by atoms with Crippen molar-refractivity contribution < 1.29 is 4.79 Å². The van der Waals surface area contributed by atoms with E-state index in [1.165, 1.54) is 5.56 Å². The molecule has 0 N–H and O–H groups in total. The van der Waals surface area contributed by atoms with Gasteiger partial charge in [-0.05, 0) is 17.4 Å². The fraction of sp³-hybridized carbons (Fsp3) is 0.250. The maximum absolute atomic E-state index is 12.3. The van der Waals surface area contributed by atoms with Crippen molar-refractivity contribution in [2.75, 3.05) is 0 Å². The number of Topliss-reactive ketones (excluding diaryl/α,β-unsaturated/α-hetero) is 1. The van der Waals surface area contributed by atoms with Crippen LogP contribution < -0.4 is 0 Å². The normalized spacial score (nSPS) is 11.4. The Balaban J connectivity index is 0.00000106. The number of hydrogen-bond acceptors (Lipinski definition) is 1. The topological polar surface area (TPSA) is 17.1 Å². The van der Waals surface area contributed by atoms with Crippen LogP contribution in [0.15, 0.2) is 73.8 Å². The lowest BCUT2D eigenvalue weighted by Crippen LogP contribution is -2.12. The quantitative estimate of drug-likeness (QED) is 0.522. The number of rotatable bonds is 5. The van der Waals surface area contributed by atoms with Gasteiger partial charge in [-0.15, -0.1) is 13.2 Å². The van der Waals surface area contributed by atoms with Crippen LogP contribution in [0.25, 0.3) is 0 Å². The second kappa shape index (κ2) is 8.91. The van der Waals surface area contributed by atoms with Gasteiger partial charge in [0, 0.05) is 12.0 Å². The Hall–Kier alpha value is -2.15. The molecule has 2 aromatic carbocycles. The van der Waals surface area contributed by atoms with Crippen LogP contribution in [0.1, 0.15) is 42.1 Å². The summed E-state index contributed by atoms with van der Waals surface area (Å²) in [5.41, 5.74) is 2.06. The summed E-state index contributed by atoms with van der Waals surface area (Å²) in [7, 11) is 0. The van der Waals surface area contributed by atoms with Crippen molar-refractivity contribution in [2.45, 2.75) is 26.2 Å². The number of hydrogen-bond donors (Lipinski definition) is 0. The van der Waals surface area contributed by atoms with Crippen LogP contribution in [0.5, 0.6) is 0 Å². The molecule has 0 aromatic heterocycles. The average Bonchev–Trinajstić information content (AvgIpc) is 2.55. The molecule has 0 heterocycles. The van der Waals surface area contributed by atoms with E-state index in [0.29, 0.717) is 12.3 Å². The van der Waals surface area contributed by atoms with E-state index >= 15 is 0 Å². The third-order valence-corrected chi connectivity index (χ3v) is 3.53. The van der Waals surface area contributed by atoms with Crippen LogP contribution in [-0.2, 0) is 0 Å². The molecule has 0 saturated carbocycles. The van der Waals surface area contributed by atoms with Gasteiger partial charge in [-0.1, -0.05) is 74.5 Å². The molecule has 1 nitrogen and oxygen atoms in total. The van der Waals surface area contributed by atoms with E-state index in [4.69, 9.17) is 0 Å². The summed E-state index contributed by atoms with van der Waals surface area (Å²) in [6.07, 6.45) is 0.575. The smallest absolute Gasteiger partial charge is 0.163 e. The van der Waals surface area contributed by atoms with E-state index in [0.717, 1.165) is 5.56 Å². The number of carbonyl (C=O) groups is 1. The highest BCUT2D eigenvalue weighted by atomic mass is 16.1. The molecule has 0 aliphatic carbocycles. The highest BCUT2D eigenvalue weighted by Gasteiger charge is 2.20. The van der Waals surface area contributed by atoms with Gasteiger partial charge < -0.3 is 0 Å². The highest BCUT2D eigenvalue weighted by Crippen LogP contribution is 2.29. The van der Waals surface area contributed by atoms with Gasteiger partial charge in [0.1, 0.15) is 0 Å². The Bertz CT molecular complexity index is 528. The van der Waals surface area contributed by atoms with Gasteiger partial charge in [0.25, 0.3) is 0 Å². The van der Waals surface area contributed by atoms with Gasteiger partial charge in [-0.2, -0.15) is 0 Å². The van der Waals surface area contributed by atoms with Gasteiger partial charge in [0.05, 0.1) is 0 Å². The van der Waals surface area contributed by atoms with Crippen LogP contribution in [0.4, 0.5) is 0 Å². The Morgan fingerprint density at radius 1 is 0.905 bits per heavy atom. The molecule has 0 radical (unpaired) electrons. The second-order valence-corrected chi connectivity index (χ2v) is 5.25. The second-order valence-electron chi connectivity index (χ2n) is 5.25. The summed E-state index contributed by atoms with van der Waals surface area (Å²) in [4.78, 5) is 12.3. The van der Waals surface area contributed by atoms with Gasteiger partial charge >= 0.3 is 0 Å². The van der Waals surface area contributed by atoms with Crippen molar-refractivity contribution in [1.29, 1.82) is 0 Å². The van der Waals surface area contributed by atoms with Gasteiger partial charge in [-0.3, -0.25) is 4.79 Å². The molecular formula is C20H24O. The van der Waals surface area contributed by atoms with Crippen LogP contribution >= 0.6 is 0 Å². The first kappa shape index (κ1) is 16.9. The van der Waals surface area contributed by atoms with E-state index in [1.807, 2.05) is 48.5 Å². The zero-order valence-corrected chi connectivity index (χ0v) is 13.0. The minimum Gasteiger partial charge on any atom is -0.294 e. The molecule has 1 atom stereocenters. The number of ketones is 1. The standard InChI is InChI=1S/C18H20O.C2H4/c1-14(2)17(15-9-5-3-6-10-15)13-18(19)16-11-7-4-8-12-16;1-2/h3-12,14,17H,13H2,1-2H3;1-2H2. The number of carbonyl (C=O) groups excluding carboxylic acids is 1. The van der Waals surface area contributed by atoms with E-state index < -0.39 is 0 Å². The van der Waals surface area contributed by atoms with Gasteiger partial charge in [-0.25, -0.2) is 0 Å². The van der Waals surface area contributed by atoms with Crippen molar-refractivity contribution in [2.24, 2.45) is 5.92 Å². The fourth-order valence-corrected chi connectivity index (χ4v) is 2.38. The van der Waals surface area contributed by atoms with Crippen LogP contribution in [0.2, 0.25) is 0 Å². The molecule has 0 saturated heterocycles. The minimum atomic E-state index is 0.225. The first-order valence-corrected chi connectivity index (χ1v) is 7.31. The molecule has 110 valence electrons.